The maximum Gasteiger partial charge on any atom is 0.294 e. The number of fused-ring (bicyclic) bond motifs is 1. The summed E-state index contributed by atoms with van der Waals surface area (Å²) >= 11 is 1.34. The highest BCUT2D eigenvalue weighted by molar-refractivity contribution is 7.85. The van der Waals surface area contributed by atoms with E-state index in [1.807, 2.05) is 54.6 Å². The Labute approximate surface area is 224 Å². The van der Waals surface area contributed by atoms with Crippen molar-refractivity contribution in [3.63, 3.8) is 0 Å². The molecule has 1 heterocycles. The average Bonchev–Trinajstić information content (AvgIpc) is 3.37. The quantitative estimate of drug-likeness (QED) is 0.209. The van der Waals surface area contributed by atoms with Crippen molar-refractivity contribution in [1.29, 1.82) is 0 Å². The molecule has 194 valence electrons. The molecule has 0 saturated heterocycles. The average molecular weight is 549 g/mol. The molecule has 0 fully saturated rings. The molecule has 0 amide bonds. The van der Waals surface area contributed by atoms with E-state index in [1.165, 1.54) is 29.5 Å². The van der Waals surface area contributed by atoms with Gasteiger partial charge in [0.05, 0.1) is 22.2 Å². The predicted molar refractivity (Wildman–Crippen MR) is 149 cm³/mol. The molecule has 0 bridgehead atoms. The summed E-state index contributed by atoms with van der Waals surface area (Å²) in [5.41, 5.74) is 4.32. The number of hydrogen-bond acceptors (Lipinski definition) is 6. The fourth-order valence-electron chi connectivity index (χ4n) is 4.20. The topological polar surface area (TPSA) is 79.7 Å². The minimum Gasteiger partial charge on any atom is -0.497 e. The van der Waals surface area contributed by atoms with E-state index in [2.05, 4.69) is 4.90 Å². The number of thiazole rings is 1. The largest absolute Gasteiger partial charge is 0.497 e. The summed E-state index contributed by atoms with van der Waals surface area (Å²) in [4.78, 5) is 6.71. The Hall–Kier alpha value is -3.79. The van der Waals surface area contributed by atoms with Gasteiger partial charge in [0.2, 0.25) is 0 Å². The number of hydrogen-bond donors (Lipinski definition) is 1. The number of rotatable bonds is 9. The van der Waals surface area contributed by atoms with Crippen molar-refractivity contribution in [1.82, 2.24) is 4.98 Å². The van der Waals surface area contributed by atoms with E-state index in [9.17, 15) is 17.4 Å². The summed E-state index contributed by atoms with van der Waals surface area (Å²) in [5, 5.41) is 0.739. The van der Waals surface area contributed by atoms with Crippen molar-refractivity contribution < 1.29 is 22.1 Å². The molecular formula is C29H25FN2O4S2. The van der Waals surface area contributed by atoms with Crippen molar-refractivity contribution in [3.8, 4) is 16.9 Å². The lowest BCUT2D eigenvalue weighted by Crippen LogP contribution is -2.25. The number of halogens is 1. The highest BCUT2D eigenvalue weighted by Crippen LogP contribution is 2.32. The normalized spacial score (nSPS) is 11.6. The fourth-order valence-corrected chi connectivity index (χ4v) is 5.72. The molecule has 9 heteroatoms. The molecule has 1 aromatic heterocycles. The van der Waals surface area contributed by atoms with Gasteiger partial charge in [-0.15, -0.1) is 0 Å². The monoisotopic (exact) mass is 548 g/mol. The van der Waals surface area contributed by atoms with Gasteiger partial charge in [-0.3, -0.25) is 4.55 Å². The first-order chi connectivity index (χ1) is 18.3. The second-order valence-corrected chi connectivity index (χ2v) is 11.2. The highest BCUT2D eigenvalue weighted by atomic mass is 32.2. The summed E-state index contributed by atoms with van der Waals surface area (Å²) in [6.07, 6.45) is 0.767. The van der Waals surface area contributed by atoms with Crippen molar-refractivity contribution in [2.24, 2.45) is 0 Å². The summed E-state index contributed by atoms with van der Waals surface area (Å²) in [5.74, 6) is 0.521. The maximum atomic E-state index is 14.4. The zero-order chi connectivity index (χ0) is 26.7. The molecule has 0 aliphatic carbocycles. The Kier molecular flexibility index (Phi) is 7.42. The van der Waals surface area contributed by atoms with Gasteiger partial charge >= 0.3 is 0 Å². The third kappa shape index (κ3) is 5.85. The molecule has 0 unspecified atom stereocenters. The Bertz CT molecular complexity index is 1670. The van der Waals surface area contributed by atoms with Crippen LogP contribution in [-0.4, -0.2) is 31.6 Å². The number of nitrogens with zero attached hydrogens (tertiary/aromatic N) is 2. The lowest BCUT2D eigenvalue weighted by Gasteiger charge is -2.22. The molecule has 4 aromatic carbocycles. The molecule has 38 heavy (non-hydrogen) atoms. The van der Waals surface area contributed by atoms with E-state index in [0.717, 1.165) is 34.0 Å². The zero-order valence-electron chi connectivity index (χ0n) is 20.5. The van der Waals surface area contributed by atoms with Gasteiger partial charge in [-0.05, 0) is 65.1 Å². The Morgan fingerprint density at radius 2 is 1.63 bits per heavy atom. The lowest BCUT2D eigenvalue weighted by molar-refractivity contribution is 0.414. The summed E-state index contributed by atoms with van der Waals surface area (Å²) in [6.45, 7) is 1.23. The third-order valence-electron chi connectivity index (χ3n) is 6.25. The van der Waals surface area contributed by atoms with Crippen LogP contribution < -0.4 is 9.64 Å². The van der Waals surface area contributed by atoms with E-state index in [4.69, 9.17) is 9.72 Å². The molecule has 5 aromatic rings. The molecule has 0 atom stereocenters. The SMILES string of the molecule is COc1ccc(CCN(Cc2ccc(-c3cccc(S(=O)(=O)O)c3)cc2)c2nc3cccc(F)c3s2)cc1. The minimum atomic E-state index is -4.28. The second-order valence-electron chi connectivity index (χ2n) is 8.80. The molecular weight excluding hydrogens is 523 g/mol. The number of anilines is 1. The molecule has 0 aliphatic heterocycles. The van der Waals surface area contributed by atoms with Crippen LogP contribution in [0.25, 0.3) is 21.3 Å². The highest BCUT2D eigenvalue weighted by Gasteiger charge is 2.16. The first-order valence-corrected chi connectivity index (χ1v) is 14.2. The number of methoxy groups -OCH3 is 1. The van der Waals surface area contributed by atoms with E-state index in [0.29, 0.717) is 28.9 Å². The van der Waals surface area contributed by atoms with Crippen LogP contribution in [0.4, 0.5) is 9.52 Å². The van der Waals surface area contributed by atoms with Crippen LogP contribution in [0, 0.1) is 5.82 Å². The predicted octanol–water partition coefficient (Wildman–Crippen LogP) is 6.61. The first-order valence-electron chi connectivity index (χ1n) is 11.9. The third-order valence-corrected chi connectivity index (χ3v) is 8.24. The Balaban J connectivity index is 1.40. The first kappa shape index (κ1) is 25.8. The van der Waals surface area contributed by atoms with Crippen molar-refractivity contribution >= 4 is 36.8 Å². The fraction of sp³-hybridized carbons (Fsp3) is 0.138. The van der Waals surface area contributed by atoms with Gasteiger partial charge < -0.3 is 9.64 Å². The Morgan fingerprint density at radius 3 is 2.32 bits per heavy atom. The van der Waals surface area contributed by atoms with Gasteiger partial charge in [-0.25, -0.2) is 9.37 Å². The standard InChI is InChI=1S/C29H25FN2O4S2/c1-36-24-14-10-20(11-15-24)16-17-32(29-31-27-7-3-6-26(30)28(27)37-29)19-21-8-12-22(13-9-21)23-4-2-5-25(18-23)38(33,34)35/h2-15,18H,16-17,19H2,1H3,(H,33,34,35). The van der Waals surface area contributed by atoms with Crippen molar-refractivity contribution in [3.05, 3.63) is 108 Å². The second kappa shape index (κ2) is 10.9. The van der Waals surface area contributed by atoms with Crippen LogP contribution in [0.5, 0.6) is 5.75 Å². The van der Waals surface area contributed by atoms with Crippen LogP contribution in [0.1, 0.15) is 11.1 Å². The van der Waals surface area contributed by atoms with E-state index >= 15 is 0 Å². The van der Waals surface area contributed by atoms with Gasteiger partial charge in [-0.2, -0.15) is 8.42 Å². The minimum absolute atomic E-state index is 0.146. The van der Waals surface area contributed by atoms with Gasteiger partial charge in [-0.1, -0.05) is 65.9 Å². The van der Waals surface area contributed by atoms with Crippen LogP contribution in [0.3, 0.4) is 0 Å². The van der Waals surface area contributed by atoms with Gasteiger partial charge in [0.25, 0.3) is 10.1 Å². The number of ether oxygens (including phenoxy) is 1. The number of benzene rings is 4. The van der Waals surface area contributed by atoms with E-state index in [-0.39, 0.29) is 10.7 Å². The molecule has 0 aliphatic rings. The van der Waals surface area contributed by atoms with Gasteiger partial charge in [0, 0.05) is 13.1 Å². The maximum absolute atomic E-state index is 14.4. The van der Waals surface area contributed by atoms with Crippen molar-refractivity contribution in [2.45, 2.75) is 17.9 Å². The van der Waals surface area contributed by atoms with Crippen molar-refractivity contribution in [2.75, 3.05) is 18.6 Å². The van der Waals surface area contributed by atoms with Crippen LogP contribution in [-0.2, 0) is 23.1 Å². The smallest absolute Gasteiger partial charge is 0.294 e. The van der Waals surface area contributed by atoms with Gasteiger partial charge in [0.1, 0.15) is 11.6 Å². The molecule has 0 saturated carbocycles. The summed E-state index contributed by atoms with van der Waals surface area (Å²) in [6, 6.07) is 26.8. The van der Waals surface area contributed by atoms with E-state index < -0.39 is 10.1 Å². The molecule has 0 spiro atoms. The summed E-state index contributed by atoms with van der Waals surface area (Å²) in [7, 11) is -2.64. The lowest BCUT2D eigenvalue weighted by atomic mass is 10.0. The van der Waals surface area contributed by atoms with E-state index in [1.54, 1.807) is 25.3 Å². The van der Waals surface area contributed by atoms with Gasteiger partial charge in [0.15, 0.2) is 5.13 Å². The summed E-state index contributed by atoms with van der Waals surface area (Å²) < 4.78 is 52.6. The van der Waals surface area contributed by atoms with Crippen LogP contribution in [0.2, 0.25) is 0 Å². The molecule has 6 nitrogen and oxygen atoms in total. The van der Waals surface area contributed by atoms with Crippen LogP contribution >= 0.6 is 11.3 Å². The van der Waals surface area contributed by atoms with Crippen LogP contribution in [0.15, 0.2) is 95.9 Å². The zero-order valence-corrected chi connectivity index (χ0v) is 22.2. The number of aromatic nitrogens is 1. The molecule has 5 rings (SSSR count). The molecule has 1 N–H and O–H groups in total. The molecule has 0 radical (unpaired) electrons. The Morgan fingerprint density at radius 1 is 0.921 bits per heavy atom.